The lowest BCUT2D eigenvalue weighted by atomic mass is 9.86. The third kappa shape index (κ3) is 5.91. The van der Waals surface area contributed by atoms with Crippen LogP contribution >= 0.6 is 11.3 Å². The number of sulfonamides is 1. The summed E-state index contributed by atoms with van der Waals surface area (Å²) < 4.78 is 27.9. The van der Waals surface area contributed by atoms with Crippen LogP contribution in [0.2, 0.25) is 0 Å². The van der Waals surface area contributed by atoms with Gasteiger partial charge in [0, 0.05) is 36.3 Å². The van der Waals surface area contributed by atoms with Crippen LogP contribution in [0, 0.1) is 5.92 Å². The number of guanidine groups is 1. The standard InChI is InChI=1S/C19H28N4O3S2/c1-20-19(21-9-10-28(25,26)23-12-14-5-4-6-14)22-13-16(24)18-11-15-7-2-3-8-17(15)27-18/h2-3,7-8,11,14,16,23-24H,4-6,9-10,12-13H2,1H3,(H2,20,21,22). The van der Waals surface area contributed by atoms with Gasteiger partial charge in [-0.15, -0.1) is 11.3 Å². The number of nitrogens with one attached hydrogen (secondary N) is 3. The van der Waals surface area contributed by atoms with Gasteiger partial charge in [0.2, 0.25) is 10.0 Å². The number of hydrogen-bond donors (Lipinski definition) is 4. The topological polar surface area (TPSA) is 103 Å². The van der Waals surface area contributed by atoms with Gasteiger partial charge in [0.25, 0.3) is 0 Å². The first-order valence-electron chi connectivity index (χ1n) is 9.55. The van der Waals surface area contributed by atoms with Crippen molar-refractivity contribution in [2.45, 2.75) is 25.4 Å². The molecule has 0 saturated heterocycles. The van der Waals surface area contributed by atoms with Crippen LogP contribution in [0.5, 0.6) is 0 Å². The molecule has 0 amide bonds. The Morgan fingerprint density at radius 1 is 1.32 bits per heavy atom. The van der Waals surface area contributed by atoms with E-state index in [9.17, 15) is 13.5 Å². The number of fused-ring (bicyclic) bond motifs is 1. The molecule has 1 atom stereocenters. The number of rotatable bonds is 9. The second kappa shape index (κ2) is 9.69. The molecule has 4 N–H and O–H groups in total. The predicted octanol–water partition coefficient (Wildman–Crippen LogP) is 1.82. The molecule has 1 saturated carbocycles. The average Bonchev–Trinajstić information content (AvgIpc) is 3.07. The maximum Gasteiger partial charge on any atom is 0.213 e. The van der Waals surface area contributed by atoms with Crippen molar-refractivity contribution in [3.8, 4) is 0 Å². The van der Waals surface area contributed by atoms with Gasteiger partial charge in [-0.25, -0.2) is 13.1 Å². The number of aliphatic hydroxyl groups is 1. The van der Waals surface area contributed by atoms with E-state index in [1.54, 1.807) is 18.4 Å². The molecule has 2 aromatic rings. The Morgan fingerprint density at radius 2 is 2.11 bits per heavy atom. The molecule has 154 valence electrons. The highest BCUT2D eigenvalue weighted by Crippen LogP contribution is 2.29. The van der Waals surface area contributed by atoms with E-state index in [1.807, 2.05) is 30.3 Å². The minimum Gasteiger partial charge on any atom is -0.386 e. The van der Waals surface area contributed by atoms with Crippen molar-refractivity contribution in [1.29, 1.82) is 0 Å². The normalized spacial score (nSPS) is 16.7. The van der Waals surface area contributed by atoms with Crippen molar-refractivity contribution in [3.63, 3.8) is 0 Å². The molecule has 1 aromatic carbocycles. The van der Waals surface area contributed by atoms with Crippen LogP contribution in [0.3, 0.4) is 0 Å². The molecule has 1 heterocycles. The zero-order valence-corrected chi connectivity index (χ0v) is 17.7. The first-order valence-corrected chi connectivity index (χ1v) is 12.0. The minimum absolute atomic E-state index is 0.0146. The van der Waals surface area contributed by atoms with Gasteiger partial charge >= 0.3 is 0 Å². The molecule has 0 spiro atoms. The highest BCUT2D eigenvalue weighted by atomic mass is 32.2. The molecule has 0 radical (unpaired) electrons. The molecular weight excluding hydrogens is 396 g/mol. The third-order valence-corrected chi connectivity index (χ3v) is 7.50. The summed E-state index contributed by atoms with van der Waals surface area (Å²) in [4.78, 5) is 4.97. The minimum atomic E-state index is -3.29. The summed E-state index contributed by atoms with van der Waals surface area (Å²) in [6.07, 6.45) is 2.76. The van der Waals surface area contributed by atoms with Crippen LogP contribution in [0.25, 0.3) is 10.1 Å². The van der Waals surface area contributed by atoms with E-state index in [0.717, 1.165) is 27.8 Å². The van der Waals surface area contributed by atoms with Crippen LogP contribution in [0.15, 0.2) is 35.3 Å². The van der Waals surface area contributed by atoms with Gasteiger partial charge in [-0.05, 0) is 36.3 Å². The molecular formula is C19H28N4O3S2. The monoisotopic (exact) mass is 424 g/mol. The lowest BCUT2D eigenvalue weighted by molar-refractivity contribution is 0.184. The number of aliphatic hydroxyl groups excluding tert-OH is 1. The van der Waals surface area contributed by atoms with Crippen molar-refractivity contribution >= 4 is 37.4 Å². The Bertz CT molecular complexity index is 874. The summed E-state index contributed by atoms with van der Waals surface area (Å²) in [5, 5.41) is 17.6. The quantitative estimate of drug-likeness (QED) is 0.363. The molecule has 1 aliphatic rings. The third-order valence-electron chi connectivity index (χ3n) is 4.94. The second-order valence-corrected chi connectivity index (χ2v) is 10.1. The largest absolute Gasteiger partial charge is 0.386 e. The number of thiophene rings is 1. The van der Waals surface area contributed by atoms with Crippen molar-refractivity contribution in [2.24, 2.45) is 10.9 Å². The van der Waals surface area contributed by atoms with E-state index in [-0.39, 0.29) is 12.3 Å². The number of aliphatic imine (C=N–C) groups is 1. The first-order chi connectivity index (χ1) is 13.5. The molecule has 1 fully saturated rings. The van der Waals surface area contributed by atoms with Gasteiger partial charge in [-0.1, -0.05) is 24.6 Å². The van der Waals surface area contributed by atoms with Gasteiger partial charge in [-0.2, -0.15) is 0 Å². The van der Waals surface area contributed by atoms with E-state index in [4.69, 9.17) is 0 Å². The van der Waals surface area contributed by atoms with Gasteiger partial charge in [0.15, 0.2) is 5.96 Å². The summed E-state index contributed by atoms with van der Waals surface area (Å²) in [5.74, 6) is 0.946. The van der Waals surface area contributed by atoms with Crippen molar-refractivity contribution < 1.29 is 13.5 Å². The molecule has 0 bridgehead atoms. The van der Waals surface area contributed by atoms with Crippen LogP contribution in [0.1, 0.15) is 30.2 Å². The van der Waals surface area contributed by atoms with E-state index in [0.29, 0.717) is 25.0 Å². The summed E-state index contributed by atoms with van der Waals surface area (Å²) >= 11 is 1.56. The van der Waals surface area contributed by atoms with Crippen molar-refractivity contribution in [1.82, 2.24) is 15.4 Å². The van der Waals surface area contributed by atoms with Crippen LogP contribution in [0.4, 0.5) is 0 Å². The van der Waals surface area contributed by atoms with Crippen molar-refractivity contribution in [3.05, 3.63) is 35.2 Å². The zero-order valence-electron chi connectivity index (χ0n) is 16.0. The van der Waals surface area contributed by atoms with E-state index in [2.05, 4.69) is 20.3 Å². The highest BCUT2D eigenvalue weighted by Gasteiger charge is 2.20. The molecule has 28 heavy (non-hydrogen) atoms. The predicted molar refractivity (Wildman–Crippen MR) is 115 cm³/mol. The van der Waals surface area contributed by atoms with E-state index >= 15 is 0 Å². The average molecular weight is 425 g/mol. The zero-order chi connectivity index (χ0) is 20.0. The lowest BCUT2D eigenvalue weighted by Crippen LogP contribution is -2.43. The maximum absolute atomic E-state index is 12.0. The Balaban J connectivity index is 1.41. The van der Waals surface area contributed by atoms with Gasteiger partial charge in [-0.3, -0.25) is 4.99 Å². The first kappa shape index (κ1) is 21.0. The van der Waals surface area contributed by atoms with Gasteiger partial charge < -0.3 is 15.7 Å². The molecule has 7 nitrogen and oxygen atoms in total. The summed E-state index contributed by atoms with van der Waals surface area (Å²) in [6, 6.07) is 10.0. The number of nitrogens with zero attached hydrogens (tertiary/aromatic N) is 1. The fraction of sp³-hybridized carbons (Fsp3) is 0.526. The Kier molecular flexibility index (Phi) is 7.28. The van der Waals surface area contributed by atoms with Gasteiger partial charge in [0.05, 0.1) is 5.75 Å². The molecule has 1 unspecified atom stereocenters. The lowest BCUT2D eigenvalue weighted by Gasteiger charge is -2.25. The number of benzene rings is 1. The Morgan fingerprint density at radius 3 is 2.79 bits per heavy atom. The molecule has 0 aliphatic heterocycles. The fourth-order valence-corrected chi connectivity index (χ4v) is 5.05. The molecule has 1 aromatic heterocycles. The van der Waals surface area contributed by atoms with Crippen LogP contribution in [-0.2, 0) is 10.0 Å². The smallest absolute Gasteiger partial charge is 0.213 e. The summed E-state index contributed by atoms with van der Waals surface area (Å²) in [5.41, 5.74) is 0. The second-order valence-electron chi connectivity index (χ2n) is 7.05. The maximum atomic E-state index is 12.0. The van der Waals surface area contributed by atoms with Crippen LogP contribution < -0.4 is 15.4 Å². The van der Waals surface area contributed by atoms with Crippen molar-refractivity contribution in [2.75, 3.05) is 32.4 Å². The molecule has 1 aliphatic carbocycles. The fourth-order valence-electron chi connectivity index (χ4n) is 3.00. The number of hydrogen-bond acceptors (Lipinski definition) is 5. The SMILES string of the molecule is CN=C(NCCS(=O)(=O)NCC1CCC1)NCC(O)c1cc2ccccc2s1. The van der Waals surface area contributed by atoms with E-state index in [1.165, 1.54) is 6.42 Å². The van der Waals surface area contributed by atoms with Gasteiger partial charge in [0.1, 0.15) is 6.10 Å². The Labute approximate surface area is 170 Å². The summed E-state index contributed by atoms with van der Waals surface area (Å²) in [7, 11) is -1.67. The molecule has 9 heteroatoms. The van der Waals surface area contributed by atoms with E-state index < -0.39 is 16.1 Å². The highest BCUT2D eigenvalue weighted by molar-refractivity contribution is 7.89. The Hall–Kier alpha value is -1.68. The summed E-state index contributed by atoms with van der Waals surface area (Å²) in [6.45, 7) is 1.08. The molecule has 3 rings (SSSR count). The van der Waals surface area contributed by atoms with Crippen LogP contribution in [-0.4, -0.2) is 51.9 Å².